The lowest BCUT2D eigenvalue weighted by Crippen LogP contribution is -2.27. The molecule has 0 aliphatic rings. The number of thiophene rings is 1. The van der Waals surface area contributed by atoms with Gasteiger partial charge in [-0.2, -0.15) is 0 Å². The molecule has 3 aromatic rings. The zero-order chi connectivity index (χ0) is 18.0. The van der Waals surface area contributed by atoms with Gasteiger partial charge in [-0.15, -0.1) is 11.3 Å². The van der Waals surface area contributed by atoms with E-state index in [1.165, 1.54) is 9.75 Å². The number of carbonyl (C=O) groups excluding carboxylic acids is 1. The molecular formula is C18H22N4O2S. The van der Waals surface area contributed by atoms with Gasteiger partial charge in [-0.3, -0.25) is 4.79 Å². The van der Waals surface area contributed by atoms with E-state index in [0.717, 1.165) is 24.2 Å². The first kappa shape index (κ1) is 17.6. The molecule has 0 atom stereocenters. The molecule has 3 aromatic heterocycles. The molecule has 0 bridgehead atoms. The fourth-order valence-electron chi connectivity index (χ4n) is 2.86. The van der Waals surface area contributed by atoms with E-state index in [2.05, 4.69) is 40.7 Å². The summed E-state index contributed by atoms with van der Waals surface area (Å²) in [6.45, 7) is 7.41. The number of nitrogens with zero attached hydrogens (tertiary/aromatic N) is 2. The van der Waals surface area contributed by atoms with Crippen molar-refractivity contribution < 1.29 is 9.32 Å². The maximum Gasteiger partial charge on any atom is 0.259 e. The van der Waals surface area contributed by atoms with Gasteiger partial charge in [0.1, 0.15) is 0 Å². The minimum absolute atomic E-state index is 0.124. The Labute approximate surface area is 150 Å². The van der Waals surface area contributed by atoms with Crippen LogP contribution in [0.15, 0.2) is 16.7 Å². The Morgan fingerprint density at radius 2 is 2.04 bits per heavy atom. The molecule has 0 saturated carbocycles. The van der Waals surface area contributed by atoms with E-state index in [9.17, 15) is 4.79 Å². The predicted octanol–water partition coefficient (Wildman–Crippen LogP) is 3.22. The predicted molar refractivity (Wildman–Crippen MR) is 100 cm³/mol. The van der Waals surface area contributed by atoms with Crippen LogP contribution in [0.5, 0.6) is 0 Å². The van der Waals surface area contributed by atoms with E-state index >= 15 is 0 Å². The second kappa shape index (κ2) is 7.33. The third kappa shape index (κ3) is 3.57. The van der Waals surface area contributed by atoms with Crippen molar-refractivity contribution in [3.05, 3.63) is 33.1 Å². The largest absolute Gasteiger partial charge is 0.352 e. The van der Waals surface area contributed by atoms with Crippen LogP contribution in [0.4, 0.5) is 0 Å². The lowest BCUT2D eigenvalue weighted by Gasteiger charge is -2.08. The molecule has 0 saturated heterocycles. The first-order chi connectivity index (χ1) is 12.0. The molecule has 0 radical (unpaired) electrons. The number of aromatic nitrogens is 2. The zero-order valence-electron chi connectivity index (χ0n) is 14.9. The Balaban J connectivity index is 2.02. The van der Waals surface area contributed by atoms with Gasteiger partial charge >= 0.3 is 0 Å². The van der Waals surface area contributed by atoms with Crippen molar-refractivity contribution in [2.75, 3.05) is 20.1 Å². The molecule has 0 aliphatic heterocycles. The summed E-state index contributed by atoms with van der Waals surface area (Å²) in [6, 6.07) is 3.93. The summed E-state index contributed by atoms with van der Waals surface area (Å²) in [5, 5.41) is 10.7. The molecule has 3 rings (SSSR count). The maximum atomic E-state index is 12.7. The van der Waals surface area contributed by atoms with Crippen molar-refractivity contribution >= 4 is 28.3 Å². The summed E-state index contributed by atoms with van der Waals surface area (Å²) in [5.41, 5.74) is 3.41. The minimum Gasteiger partial charge on any atom is -0.352 e. The maximum absolute atomic E-state index is 12.7. The van der Waals surface area contributed by atoms with E-state index in [1.54, 1.807) is 11.3 Å². The van der Waals surface area contributed by atoms with Gasteiger partial charge in [0, 0.05) is 21.9 Å². The van der Waals surface area contributed by atoms with Gasteiger partial charge in [0.15, 0.2) is 0 Å². The molecule has 0 spiro atoms. The molecule has 1 amide bonds. The lowest BCUT2D eigenvalue weighted by atomic mass is 10.1. The van der Waals surface area contributed by atoms with Gasteiger partial charge in [-0.25, -0.2) is 4.98 Å². The molecule has 132 valence electrons. The molecule has 0 aliphatic carbocycles. The summed E-state index contributed by atoms with van der Waals surface area (Å²) >= 11 is 1.71. The number of aryl methyl sites for hydroxylation is 3. The van der Waals surface area contributed by atoms with E-state index < -0.39 is 0 Å². The van der Waals surface area contributed by atoms with Crippen LogP contribution in [0.1, 0.15) is 32.2 Å². The van der Waals surface area contributed by atoms with E-state index in [0.29, 0.717) is 28.9 Å². The van der Waals surface area contributed by atoms with Gasteiger partial charge in [-0.05, 0) is 52.9 Å². The number of carbonyl (C=O) groups is 1. The van der Waals surface area contributed by atoms with Crippen molar-refractivity contribution in [3.63, 3.8) is 0 Å². The number of hydrogen-bond donors (Lipinski definition) is 2. The third-order valence-electron chi connectivity index (χ3n) is 4.07. The summed E-state index contributed by atoms with van der Waals surface area (Å²) < 4.78 is 5.34. The Kier molecular flexibility index (Phi) is 5.15. The van der Waals surface area contributed by atoms with Crippen LogP contribution in [0.25, 0.3) is 22.4 Å². The highest BCUT2D eigenvalue weighted by Gasteiger charge is 2.20. The standard InChI is InChI=1S/C18H22N4O2S/c1-10-8-13(12(3)25-10)15-9-14(17(23)20-7-5-6-19-4)16-11(2)22-24-18(16)21-15/h8-9,19H,5-7H2,1-4H3,(H,20,23). The lowest BCUT2D eigenvalue weighted by molar-refractivity contribution is 0.0955. The monoisotopic (exact) mass is 358 g/mol. The first-order valence-corrected chi connectivity index (χ1v) is 9.10. The third-order valence-corrected chi connectivity index (χ3v) is 5.03. The fraction of sp³-hybridized carbons (Fsp3) is 0.389. The molecule has 0 fully saturated rings. The van der Waals surface area contributed by atoms with Crippen LogP contribution in [0, 0.1) is 20.8 Å². The highest BCUT2D eigenvalue weighted by Crippen LogP contribution is 2.32. The van der Waals surface area contributed by atoms with Crippen LogP contribution >= 0.6 is 11.3 Å². The summed E-state index contributed by atoms with van der Waals surface area (Å²) in [5.74, 6) is -0.124. The minimum atomic E-state index is -0.124. The number of rotatable bonds is 6. The smallest absolute Gasteiger partial charge is 0.259 e. The highest BCUT2D eigenvalue weighted by atomic mass is 32.1. The SMILES string of the molecule is CNCCCNC(=O)c1cc(-c2cc(C)sc2C)nc2onc(C)c12. The highest BCUT2D eigenvalue weighted by molar-refractivity contribution is 7.12. The van der Waals surface area contributed by atoms with Crippen LogP contribution in [-0.2, 0) is 0 Å². The number of pyridine rings is 1. The number of amides is 1. The summed E-state index contributed by atoms with van der Waals surface area (Å²) in [7, 11) is 1.90. The Bertz CT molecular complexity index is 913. The second-order valence-corrected chi connectivity index (χ2v) is 7.50. The quantitative estimate of drug-likeness (QED) is 0.662. The molecule has 7 heteroatoms. The van der Waals surface area contributed by atoms with Gasteiger partial charge in [0.25, 0.3) is 11.6 Å². The summed E-state index contributed by atoms with van der Waals surface area (Å²) in [6.07, 6.45) is 0.870. The summed E-state index contributed by atoms with van der Waals surface area (Å²) in [4.78, 5) is 19.7. The van der Waals surface area contributed by atoms with Crippen molar-refractivity contribution in [1.29, 1.82) is 0 Å². The normalized spacial score (nSPS) is 11.2. The molecular weight excluding hydrogens is 336 g/mol. The van der Waals surface area contributed by atoms with Crippen LogP contribution in [0.2, 0.25) is 0 Å². The average molecular weight is 358 g/mol. The van der Waals surface area contributed by atoms with Crippen LogP contribution < -0.4 is 10.6 Å². The van der Waals surface area contributed by atoms with Crippen molar-refractivity contribution in [1.82, 2.24) is 20.8 Å². The fourth-order valence-corrected chi connectivity index (χ4v) is 3.79. The van der Waals surface area contributed by atoms with Gasteiger partial charge in [0.2, 0.25) is 0 Å². The molecule has 3 heterocycles. The topological polar surface area (TPSA) is 80.0 Å². The number of fused-ring (bicyclic) bond motifs is 1. The average Bonchev–Trinajstić information content (AvgIpc) is 3.12. The zero-order valence-corrected chi connectivity index (χ0v) is 15.7. The van der Waals surface area contributed by atoms with E-state index in [-0.39, 0.29) is 5.91 Å². The second-order valence-electron chi connectivity index (χ2n) is 6.04. The van der Waals surface area contributed by atoms with Gasteiger partial charge in [0.05, 0.1) is 22.3 Å². The van der Waals surface area contributed by atoms with Crippen molar-refractivity contribution in [2.24, 2.45) is 0 Å². The Morgan fingerprint density at radius 3 is 2.72 bits per heavy atom. The molecule has 0 unspecified atom stereocenters. The van der Waals surface area contributed by atoms with Gasteiger partial charge < -0.3 is 15.2 Å². The molecule has 6 nitrogen and oxygen atoms in total. The molecule has 25 heavy (non-hydrogen) atoms. The Morgan fingerprint density at radius 1 is 1.24 bits per heavy atom. The van der Waals surface area contributed by atoms with E-state index in [4.69, 9.17) is 4.52 Å². The molecule has 0 aromatic carbocycles. The van der Waals surface area contributed by atoms with Crippen molar-refractivity contribution in [2.45, 2.75) is 27.2 Å². The van der Waals surface area contributed by atoms with Crippen LogP contribution in [-0.4, -0.2) is 36.2 Å². The van der Waals surface area contributed by atoms with Gasteiger partial charge in [-0.1, -0.05) is 5.16 Å². The van der Waals surface area contributed by atoms with Crippen LogP contribution in [0.3, 0.4) is 0 Å². The number of hydrogen-bond acceptors (Lipinski definition) is 6. The van der Waals surface area contributed by atoms with E-state index in [1.807, 2.05) is 20.0 Å². The molecule has 2 N–H and O–H groups in total. The first-order valence-electron chi connectivity index (χ1n) is 8.28. The van der Waals surface area contributed by atoms with Crippen molar-refractivity contribution in [3.8, 4) is 11.3 Å². The number of nitrogens with one attached hydrogen (secondary N) is 2. The Hall–Kier alpha value is -2.25.